The van der Waals surface area contributed by atoms with Crippen LogP contribution in [0.4, 0.5) is 0 Å². The summed E-state index contributed by atoms with van der Waals surface area (Å²) in [5.41, 5.74) is 0.720. The van der Waals surface area contributed by atoms with Crippen molar-refractivity contribution in [3.8, 4) is 0 Å². The van der Waals surface area contributed by atoms with Crippen LogP contribution in [0.5, 0.6) is 0 Å². The van der Waals surface area contributed by atoms with Crippen LogP contribution in [0.2, 0.25) is 0 Å². The Morgan fingerprint density at radius 1 is 1.41 bits per heavy atom. The molecule has 2 N–H and O–H groups in total. The number of halogens is 2. The van der Waals surface area contributed by atoms with Crippen molar-refractivity contribution >= 4 is 45.9 Å². The molecule has 17 heavy (non-hydrogen) atoms. The van der Waals surface area contributed by atoms with Gasteiger partial charge in [0.25, 0.3) is 0 Å². The maximum absolute atomic E-state index is 11.1. The summed E-state index contributed by atoms with van der Waals surface area (Å²) in [4.78, 5) is 21.8. The average molecular weight is 369 g/mol. The summed E-state index contributed by atoms with van der Waals surface area (Å²) in [6.07, 6.45) is -1.61. The summed E-state index contributed by atoms with van der Waals surface area (Å²) < 4.78 is 0.605. The molecule has 0 saturated carbocycles. The second-order valence-electron chi connectivity index (χ2n) is 3.49. The Hall–Kier alpha value is -0.660. The molecule has 1 aromatic rings. The summed E-state index contributed by atoms with van der Waals surface area (Å²) in [6.45, 7) is 1.35. The van der Waals surface area contributed by atoms with E-state index in [9.17, 15) is 14.7 Å². The normalized spacial score (nSPS) is 14.1. The molecule has 4 nitrogen and oxygen atoms in total. The monoisotopic (exact) mass is 368 g/mol. The van der Waals surface area contributed by atoms with E-state index in [0.29, 0.717) is 9.13 Å². The van der Waals surface area contributed by atoms with Crippen LogP contribution in [0.1, 0.15) is 29.5 Å². The lowest BCUT2D eigenvalue weighted by Gasteiger charge is -2.12. The lowest BCUT2D eigenvalue weighted by Crippen LogP contribution is -2.13. The lowest BCUT2D eigenvalue weighted by atomic mass is 10.0. The number of hydrogen-bond donors (Lipinski definition) is 2. The molecule has 0 amide bonds. The van der Waals surface area contributed by atoms with E-state index in [-0.39, 0.29) is 11.3 Å². The van der Waals surface area contributed by atoms with Crippen LogP contribution < -0.4 is 0 Å². The van der Waals surface area contributed by atoms with Gasteiger partial charge in [-0.2, -0.15) is 0 Å². The second kappa shape index (κ2) is 5.79. The zero-order chi connectivity index (χ0) is 13.2. The molecule has 0 aromatic heterocycles. The molecule has 0 spiro atoms. The summed E-state index contributed by atoms with van der Waals surface area (Å²) in [7, 11) is 0. The fraction of sp³-hybridized carbons (Fsp3) is 0.273. The fourth-order valence-corrected chi connectivity index (χ4v) is 2.06. The molecule has 0 aliphatic rings. The van der Waals surface area contributed by atoms with Gasteiger partial charge in [-0.25, -0.2) is 4.79 Å². The molecule has 0 bridgehead atoms. The predicted molar refractivity (Wildman–Crippen MR) is 71.0 cm³/mol. The van der Waals surface area contributed by atoms with Crippen molar-refractivity contribution in [2.45, 2.75) is 18.4 Å². The average Bonchev–Trinajstić information content (AvgIpc) is 2.27. The van der Waals surface area contributed by atoms with Gasteiger partial charge in [-0.1, -0.05) is 6.07 Å². The highest BCUT2D eigenvalue weighted by Crippen LogP contribution is 2.28. The topological polar surface area (TPSA) is 74.6 Å². The minimum Gasteiger partial charge on any atom is -0.479 e. The number of rotatable bonds is 4. The summed E-state index contributed by atoms with van der Waals surface area (Å²) in [5.74, 6) is -1.57. The van der Waals surface area contributed by atoms with E-state index in [1.165, 1.54) is 13.0 Å². The van der Waals surface area contributed by atoms with Crippen LogP contribution in [0, 0.1) is 3.57 Å². The minimum atomic E-state index is -1.61. The highest BCUT2D eigenvalue weighted by Gasteiger charge is 2.21. The molecule has 0 fully saturated rings. The van der Waals surface area contributed by atoms with Gasteiger partial charge in [0.2, 0.25) is 0 Å². The smallest absolute Gasteiger partial charge is 0.337 e. The molecule has 0 radical (unpaired) electrons. The third kappa shape index (κ3) is 3.40. The second-order valence-corrected chi connectivity index (χ2v) is 5.09. The van der Waals surface area contributed by atoms with Gasteiger partial charge in [-0.05, 0) is 47.2 Å². The van der Waals surface area contributed by atoms with Crippen molar-refractivity contribution in [3.05, 3.63) is 32.9 Å². The van der Waals surface area contributed by atoms with Gasteiger partial charge in [0.05, 0.1) is 0 Å². The van der Waals surface area contributed by atoms with Gasteiger partial charge in [-0.15, -0.1) is 11.6 Å². The Morgan fingerprint density at radius 3 is 2.47 bits per heavy atom. The van der Waals surface area contributed by atoms with Crippen molar-refractivity contribution in [1.29, 1.82) is 0 Å². The first-order chi connectivity index (χ1) is 7.84. The molecule has 1 aromatic carbocycles. The zero-order valence-electron chi connectivity index (χ0n) is 8.85. The molecular formula is C11H10ClIO4. The van der Waals surface area contributed by atoms with Gasteiger partial charge in [0.15, 0.2) is 11.9 Å². The van der Waals surface area contributed by atoms with Crippen molar-refractivity contribution < 1.29 is 19.8 Å². The van der Waals surface area contributed by atoms with Gasteiger partial charge in [0.1, 0.15) is 5.38 Å². The van der Waals surface area contributed by atoms with Gasteiger partial charge >= 0.3 is 5.97 Å². The quantitative estimate of drug-likeness (QED) is 0.632. The SMILES string of the molecule is CC(=O)C(Cl)c1ccc(I)c(C(O)C(=O)O)c1. The summed E-state index contributed by atoms with van der Waals surface area (Å²) >= 11 is 7.78. The Morgan fingerprint density at radius 2 is 2.00 bits per heavy atom. The van der Waals surface area contributed by atoms with E-state index < -0.39 is 17.5 Å². The number of aliphatic hydroxyl groups excluding tert-OH is 1. The maximum atomic E-state index is 11.1. The Bertz CT molecular complexity index is 461. The molecule has 6 heteroatoms. The van der Waals surface area contributed by atoms with E-state index in [4.69, 9.17) is 16.7 Å². The third-order valence-corrected chi connectivity index (χ3v) is 3.74. The fourth-order valence-electron chi connectivity index (χ4n) is 1.30. The number of carboxylic acids is 1. The van der Waals surface area contributed by atoms with E-state index in [0.717, 1.165) is 0 Å². The molecule has 1 rings (SSSR count). The van der Waals surface area contributed by atoms with E-state index in [1.54, 1.807) is 12.1 Å². The van der Waals surface area contributed by atoms with Gasteiger partial charge in [-0.3, -0.25) is 4.79 Å². The largest absolute Gasteiger partial charge is 0.479 e. The van der Waals surface area contributed by atoms with Crippen LogP contribution in [-0.2, 0) is 9.59 Å². The van der Waals surface area contributed by atoms with E-state index in [1.807, 2.05) is 22.6 Å². The number of benzene rings is 1. The molecule has 0 aliphatic heterocycles. The number of hydrogen-bond acceptors (Lipinski definition) is 3. The van der Waals surface area contributed by atoms with Crippen molar-refractivity contribution in [3.63, 3.8) is 0 Å². The predicted octanol–water partition coefficient (Wildman–Crippen LogP) is 2.28. The van der Waals surface area contributed by atoms with Crippen molar-refractivity contribution in [2.24, 2.45) is 0 Å². The molecular weight excluding hydrogens is 358 g/mol. The van der Waals surface area contributed by atoms with Crippen LogP contribution in [-0.4, -0.2) is 22.0 Å². The Labute approximate surface area is 117 Å². The summed E-state index contributed by atoms with van der Waals surface area (Å²) in [6, 6.07) is 4.70. The van der Waals surface area contributed by atoms with Gasteiger partial charge < -0.3 is 10.2 Å². The van der Waals surface area contributed by atoms with Crippen molar-refractivity contribution in [1.82, 2.24) is 0 Å². The molecule has 92 valence electrons. The number of carbonyl (C=O) groups excluding carboxylic acids is 1. The molecule has 0 saturated heterocycles. The number of Topliss-reactive ketones (excluding diaryl/α,β-unsaturated/α-hetero) is 1. The Kier molecular flexibility index (Phi) is 4.91. The van der Waals surface area contributed by atoms with Crippen LogP contribution >= 0.6 is 34.2 Å². The molecule has 0 aliphatic carbocycles. The number of carboxylic acid groups (broad SMARTS) is 1. The lowest BCUT2D eigenvalue weighted by molar-refractivity contribution is -0.147. The van der Waals surface area contributed by atoms with E-state index in [2.05, 4.69) is 0 Å². The van der Waals surface area contributed by atoms with E-state index >= 15 is 0 Å². The maximum Gasteiger partial charge on any atom is 0.337 e. The molecule has 0 heterocycles. The highest BCUT2D eigenvalue weighted by atomic mass is 127. The third-order valence-electron chi connectivity index (χ3n) is 2.20. The first kappa shape index (κ1) is 14.4. The van der Waals surface area contributed by atoms with Crippen molar-refractivity contribution in [2.75, 3.05) is 0 Å². The van der Waals surface area contributed by atoms with Gasteiger partial charge in [0, 0.05) is 9.13 Å². The minimum absolute atomic E-state index is 0.233. The number of aliphatic hydroxyl groups is 1. The molecule has 2 atom stereocenters. The standard InChI is InChI=1S/C11H10ClIO4/c1-5(14)9(12)6-2-3-8(13)7(4-6)10(15)11(16)17/h2-4,9-10,15H,1H3,(H,16,17). The first-order valence-corrected chi connectivity index (χ1v) is 6.21. The highest BCUT2D eigenvalue weighted by molar-refractivity contribution is 14.1. The zero-order valence-corrected chi connectivity index (χ0v) is 11.8. The first-order valence-electron chi connectivity index (χ1n) is 4.69. The molecule has 2 unspecified atom stereocenters. The number of ketones is 1. The van der Waals surface area contributed by atoms with Crippen LogP contribution in [0.3, 0.4) is 0 Å². The summed E-state index contributed by atoms with van der Waals surface area (Å²) in [5, 5.41) is 17.4. The number of alkyl halides is 1. The van der Waals surface area contributed by atoms with Crippen LogP contribution in [0.25, 0.3) is 0 Å². The van der Waals surface area contributed by atoms with Crippen LogP contribution in [0.15, 0.2) is 18.2 Å². The number of carbonyl (C=O) groups is 2. The Balaban J connectivity index is 3.19. The number of aliphatic carboxylic acids is 1.